The zero-order valence-electron chi connectivity index (χ0n) is 25.0. The first-order valence-corrected chi connectivity index (χ1v) is 15.5. The Kier molecular flexibility index (Phi) is 6.45. The number of pyridine rings is 2. The average Bonchev–Trinajstić information content (AvgIpc) is 3.46. The molecule has 3 nitrogen and oxygen atoms in total. The molecular weight excluding hydrogens is 536 g/mol. The molecule has 3 heterocycles. The number of unbranched alkanes of at least 4 members (excludes halogenated alkanes) is 1. The number of furan rings is 1. The van der Waals surface area contributed by atoms with Crippen molar-refractivity contribution in [2.24, 2.45) is 0 Å². The van der Waals surface area contributed by atoms with Gasteiger partial charge >= 0.3 is 0 Å². The van der Waals surface area contributed by atoms with Gasteiger partial charge in [-0.2, -0.15) is 0 Å². The van der Waals surface area contributed by atoms with E-state index in [1.165, 1.54) is 49.7 Å². The highest BCUT2D eigenvalue weighted by Crippen LogP contribution is 2.43. The number of hydrogen-bond donors (Lipinski definition) is 0. The number of rotatable bonds is 6. The molecule has 0 aliphatic carbocycles. The molecule has 0 amide bonds. The summed E-state index contributed by atoms with van der Waals surface area (Å²) in [6.07, 6.45) is 7.07. The molecular formula is C41H32N2O. The maximum atomic E-state index is 6.38. The lowest BCUT2D eigenvalue weighted by molar-refractivity contribution is 0.670. The second kappa shape index (κ2) is 10.8. The highest BCUT2D eigenvalue weighted by Gasteiger charge is 2.21. The van der Waals surface area contributed by atoms with Crippen molar-refractivity contribution < 1.29 is 4.42 Å². The van der Waals surface area contributed by atoms with Crippen LogP contribution in [0.2, 0.25) is 0 Å². The Hall–Kier alpha value is -5.28. The van der Waals surface area contributed by atoms with Gasteiger partial charge in [0.15, 0.2) is 5.58 Å². The molecule has 0 saturated heterocycles. The zero-order valence-corrected chi connectivity index (χ0v) is 25.0. The van der Waals surface area contributed by atoms with Gasteiger partial charge in [0.1, 0.15) is 5.58 Å². The molecule has 0 aliphatic heterocycles. The fraction of sp³-hybridized carbons (Fsp3) is 0.122. The molecule has 0 bridgehead atoms. The van der Waals surface area contributed by atoms with Crippen LogP contribution in [0.25, 0.3) is 77.1 Å². The highest BCUT2D eigenvalue weighted by molar-refractivity contribution is 6.15. The van der Waals surface area contributed by atoms with Crippen molar-refractivity contribution in [3.8, 4) is 33.5 Å². The molecule has 44 heavy (non-hydrogen) atoms. The summed E-state index contributed by atoms with van der Waals surface area (Å²) in [5.74, 6) is 0. The molecule has 8 rings (SSSR count). The van der Waals surface area contributed by atoms with Crippen molar-refractivity contribution in [3.63, 3.8) is 0 Å². The van der Waals surface area contributed by atoms with Crippen molar-refractivity contribution in [1.29, 1.82) is 0 Å². The van der Waals surface area contributed by atoms with E-state index in [0.717, 1.165) is 57.8 Å². The molecule has 0 radical (unpaired) electrons. The molecule has 0 fully saturated rings. The van der Waals surface area contributed by atoms with E-state index in [1.54, 1.807) is 0 Å². The van der Waals surface area contributed by atoms with Crippen LogP contribution in [-0.4, -0.2) is 9.97 Å². The Morgan fingerprint density at radius 1 is 0.591 bits per heavy atom. The molecule has 0 unspecified atom stereocenters. The molecule has 0 saturated carbocycles. The Morgan fingerprint density at radius 3 is 2.02 bits per heavy atom. The first-order chi connectivity index (χ1) is 21.7. The van der Waals surface area contributed by atoms with Crippen LogP contribution in [0.1, 0.15) is 30.9 Å². The van der Waals surface area contributed by atoms with E-state index in [4.69, 9.17) is 14.4 Å². The largest absolute Gasteiger partial charge is 0.454 e. The molecule has 5 aromatic carbocycles. The molecule has 0 spiro atoms. The summed E-state index contributed by atoms with van der Waals surface area (Å²) in [5.41, 5.74) is 12.5. The van der Waals surface area contributed by atoms with Crippen LogP contribution in [0.4, 0.5) is 0 Å². The predicted octanol–water partition coefficient (Wildman–Crippen LogP) is 11.3. The van der Waals surface area contributed by atoms with Crippen molar-refractivity contribution >= 4 is 43.6 Å². The van der Waals surface area contributed by atoms with Gasteiger partial charge in [-0.05, 0) is 82.1 Å². The summed E-state index contributed by atoms with van der Waals surface area (Å²) in [5, 5.41) is 5.57. The second-order valence-electron chi connectivity index (χ2n) is 11.6. The fourth-order valence-electron chi connectivity index (χ4n) is 6.81. The lowest BCUT2D eigenvalue weighted by Gasteiger charge is -2.21. The van der Waals surface area contributed by atoms with Crippen LogP contribution in [0.15, 0.2) is 126 Å². The van der Waals surface area contributed by atoms with Gasteiger partial charge in [-0.25, -0.2) is 0 Å². The minimum atomic E-state index is 0.785. The van der Waals surface area contributed by atoms with Gasteiger partial charge in [-0.1, -0.05) is 104 Å². The summed E-state index contributed by atoms with van der Waals surface area (Å²) in [6.45, 7) is 4.56. The Bertz CT molecular complexity index is 2320. The lowest BCUT2D eigenvalue weighted by atomic mass is 9.83. The third kappa shape index (κ3) is 4.27. The molecule has 0 N–H and O–H groups in total. The minimum absolute atomic E-state index is 0.785. The monoisotopic (exact) mass is 568 g/mol. The van der Waals surface area contributed by atoms with E-state index in [1.807, 2.05) is 30.6 Å². The van der Waals surface area contributed by atoms with Crippen LogP contribution >= 0.6 is 0 Å². The van der Waals surface area contributed by atoms with Gasteiger partial charge in [-0.15, -0.1) is 0 Å². The predicted molar refractivity (Wildman–Crippen MR) is 184 cm³/mol. The van der Waals surface area contributed by atoms with Crippen molar-refractivity contribution in [2.75, 3.05) is 0 Å². The number of hydrogen-bond acceptors (Lipinski definition) is 3. The SMILES string of the molecule is CCCCc1c(C)c(-c2ccc(-c3ccccc3)cc2)c2ccccc2c1-c1cc2c(cn1)oc1c3ccccc3ncc21. The zero-order chi connectivity index (χ0) is 29.6. The third-order valence-corrected chi connectivity index (χ3v) is 9.01. The van der Waals surface area contributed by atoms with Crippen molar-refractivity contribution in [2.45, 2.75) is 33.1 Å². The van der Waals surface area contributed by atoms with E-state index in [9.17, 15) is 0 Å². The standard InChI is InChI=1S/C41H32N2O/c1-3-4-14-30-26(2)39(29-21-19-28(20-22-29)27-12-6-5-7-13-27)31-15-8-9-16-32(31)40(30)37-23-34-35-24-42-36-18-11-10-17-33(36)41(35)44-38(34)25-43-37/h5-13,15-25H,3-4,14H2,1-2H3. The van der Waals surface area contributed by atoms with Crippen molar-refractivity contribution in [3.05, 3.63) is 133 Å². The van der Waals surface area contributed by atoms with Crippen LogP contribution in [0, 0.1) is 6.92 Å². The molecule has 3 heteroatoms. The van der Waals surface area contributed by atoms with Gasteiger partial charge in [0.25, 0.3) is 0 Å². The van der Waals surface area contributed by atoms with E-state index in [2.05, 4.69) is 105 Å². The molecule has 0 atom stereocenters. The molecule has 3 aromatic heterocycles. The summed E-state index contributed by atoms with van der Waals surface area (Å²) in [4.78, 5) is 9.79. The van der Waals surface area contributed by atoms with E-state index in [-0.39, 0.29) is 0 Å². The number of benzene rings is 5. The quantitative estimate of drug-likeness (QED) is 0.200. The van der Waals surface area contributed by atoms with Crippen LogP contribution < -0.4 is 0 Å². The molecule has 8 aromatic rings. The van der Waals surface area contributed by atoms with Crippen molar-refractivity contribution in [1.82, 2.24) is 9.97 Å². The second-order valence-corrected chi connectivity index (χ2v) is 11.6. The Morgan fingerprint density at radius 2 is 1.25 bits per heavy atom. The van der Waals surface area contributed by atoms with Crippen LogP contribution in [-0.2, 0) is 6.42 Å². The number of aromatic nitrogens is 2. The maximum absolute atomic E-state index is 6.38. The average molecular weight is 569 g/mol. The maximum Gasteiger partial charge on any atom is 0.153 e. The van der Waals surface area contributed by atoms with Gasteiger partial charge in [0, 0.05) is 27.9 Å². The van der Waals surface area contributed by atoms with Gasteiger partial charge in [0.2, 0.25) is 0 Å². The van der Waals surface area contributed by atoms with E-state index < -0.39 is 0 Å². The summed E-state index contributed by atoms with van der Waals surface area (Å²) >= 11 is 0. The minimum Gasteiger partial charge on any atom is -0.454 e. The van der Waals surface area contributed by atoms with Gasteiger partial charge in [-0.3, -0.25) is 9.97 Å². The van der Waals surface area contributed by atoms with E-state index >= 15 is 0 Å². The third-order valence-electron chi connectivity index (χ3n) is 9.01. The summed E-state index contributed by atoms with van der Waals surface area (Å²) in [6, 6.07) is 38.8. The Labute approximate surface area is 256 Å². The topological polar surface area (TPSA) is 38.9 Å². The normalized spacial score (nSPS) is 11.7. The lowest BCUT2D eigenvalue weighted by Crippen LogP contribution is -2.01. The van der Waals surface area contributed by atoms with Gasteiger partial charge in [0.05, 0.1) is 17.4 Å². The highest BCUT2D eigenvalue weighted by atomic mass is 16.3. The molecule has 0 aliphatic rings. The Balaban J connectivity index is 1.35. The first-order valence-electron chi connectivity index (χ1n) is 15.5. The van der Waals surface area contributed by atoms with Crippen LogP contribution in [0.5, 0.6) is 0 Å². The number of nitrogens with zero attached hydrogens (tertiary/aromatic N) is 2. The fourth-order valence-corrected chi connectivity index (χ4v) is 6.81. The van der Waals surface area contributed by atoms with Gasteiger partial charge < -0.3 is 4.42 Å². The summed E-state index contributed by atoms with van der Waals surface area (Å²) in [7, 11) is 0. The number of para-hydroxylation sites is 1. The molecule has 212 valence electrons. The first kappa shape index (κ1) is 26.4. The summed E-state index contributed by atoms with van der Waals surface area (Å²) < 4.78 is 6.38. The number of fused-ring (bicyclic) bond motifs is 6. The van der Waals surface area contributed by atoms with Crippen LogP contribution in [0.3, 0.4) is 0 Å². The van der Waals surface area contributed by atoms with E-state index in [0.29, 0.717) is 0 Å². The smallest absolute Gasteiger partial charge is 0.153 e.